The van der Waals surface area contributed by atoms with Crippen molar-refractivity contribution in [2.24, 2.45) is 4.99 Å². The Morgan fingerprint density at radius 1 is 1.13 bits per heavy atom. The molecule has 0 aliphatic carbocycles. The molecule has 38 heavy (non-hydrogen) atoms. The number of nitrogens with zero attached hydrogens (tertiary/aromatic N) is 3. The third-order valence-corrected chi connectivity index (χ3v) is 8.06. The second kappa shape index (κ2) is 10.3. The number of hydrogen-bond acceptors (Lipinski definition) is 5. The first-order valence-corrected chi connectivity index (χ1v) is 13.7. The van der Waals surface area contributed by atoms with Gasteiger partial charge in [0.1, 0.15) is 5.82 Å². The van der Waals surface area contributed by atoms with Crippen molar-refractivity contribution in [2.75, 3.05) is 6.61 Å². The number of allylic oxidation sites excluding steroid dienone is 1. The zero-order valence-electron chi connectivity index (χ0n) is 21.3. The van der Waals surface area contributed by atoms with Crippen LogP contribution in [-0.4, -0.2) is 21.7 Å². The maximum Gasteiger partial charge on any atom is 0.338 e. The lowest BCUT2D eigenvalue weighted by atomic mass is 9.96. The van der Waals surface area contributed by atoms with Gasteiger partial charge in [0.05, 0.1) is 28.5 Å². The van der Waals surface area contributed by atoms with Gasteiger partial charge in [0.15, 0.2) is 4.80 Å². The standard InChI is InChI=1S/C29H25BrFN3O3S/c1-5-37-28(36)25-17(3)32-29-34(26(25)19-6-10-22(31)11-7-19)27(35)24(38-29)15-20-14-16(2)33(18(20)4)23-12-8-21(30)9-13-23/h6-15,26H,5H2,1-4H3/b24-15-/t26-/m0/s1. The van der Waals surface area contributed by atoms with E-state index in [0.29, 0.717) is 20.6 Å². The van der Waals surface area contributed by atoms with Gasteiger partial charge in [-0.2, -0.15) is 0 Å². The first-order valence-electron chi connectivity index (χ1n) is 12.1. The minimum Gasteiger partial charge on any atom is -0.463 e. The Morgan fingerprint density at radius 3 is 2.47 bits per heavy atom. The van der Waals surface area contributed by atoms with Crippen LogP contribution in [0.1, 0.15) is 42.4 Å². The predicted molar refractivity (Wildman–Crippen MR) is 150 cm³/mol. The Kier molecular flexibility index (Phi) is 7.07. The second-order valence-electron chi connectivity index (χ2n) is 8.99. The zero-order chi connectivity index (χ0) is 27.1. The highest BCUT2D eigenvalue weighted by molar-refractivity contribution is 9.10. The topological polar surface area (TPSA) is 65.6 Å². The number of aromatic nitrogens is 2. The van der Waals surface area contributed by atoms with Gasteiger partial charge in [-0.3, -0.25) is 9.36 Å². The van der Waals surface area contributed by atoms with E-state index in [2.05, 4.69) is 25.5 Å². The van der Waals surface area contributed by atoms with E-state index in [9.17, 15) is 14.0 Å². The number of carbonyl (C=O) groups excluding carboxylic acids is 1. The molecule has 1 aliphatic rings. The first-order chi connectivity index (χ1) is 18.2. The number of fused-ring (bicyclic) bond motifs is 1. The molecule has 0 saturated heterocycles. The molecule has 6 nitrogen and oxygen atoms in total. The van der Waals surface area contributed by atoms with Crippen molar-refractivity contribution in [3.05, 3.63) is 118 Å². The van der Waals surface area contributed by atoms with Crippen molar-refractivity contribution < 1.29 is 13.9 Å². The number of aryl methyl sites for hydroxylation is 1. The van der Waals surface area contributed by atoms with Crippen LogP contribution in [-0.2, 0) is 9.53 Å². The van der Waals surface area contributed by atoms with Gasteiger partial charge in [-0.15, -0.1) is 0 Å². The molecule has 1 aliphatic heterocycles. The maximum absolute atomic E-state index is 13.8. The summed E-state index contributed by atoms with van der Waals surface area (Å²) in [6, 6.07) is 15.1. The molecule has 5 rings (SSSR count). The van der Waals surface area contributed by atoms with E-state index < -0.39 is 17.8 Å². The van der Waals surface area contributed by atoms with Gasteiger partial charge >= 0.3 is 5.97 Å². The molecule has 0 unspecified atom stereocenters. The Balaban J connectivity index is 1.68. The van der Waals surface area contributed by atoms with Crippen LogP contribution in [0, 0.1) is 19.7 Å². The van der Waals surface area contributed by atoms with E-state index in [1.165, 1.54) is 28.0 Å². The van der Waals surface area contributed by atoms with Gasteiger partial charge in [0.25, 0.3) is 5.56 Å². The van der Waals surface area contributed by atoms with Crippen LogP contribution in [0.15, 0.2) is 80.1 Å². The van der Waals surface area contributed by atoms with Gasteiger partial charge in [-0.05, 0) is 87.4 Å². The third kappa shape index (κ3) is 4.61. The lowest BCUT2D eigenvalue weighted by molar-refractivity contribution is -0.139. The summed E-state index contributed by atoms with van der Waals surface area (Å²) in [5, 5.41) is 0. The summed E-state index contributed by atoms with van der Waals surface area (Å²) in [4.78, 5) is 31.9. The number of hydrogen-bond donors (Lipinski definition) is 0. The Hall–Kier alpha value is -3.56. The van der Waals surface area contributed by atoms with E-state index in [4.69, 9.17) is 4.74 Å². The van der Waals surface area contributed by atoms with Crippen molar-refractivity contribution in [3.63, 3.8) is 0 Å². The van der Waals surface area contributed by atoms with Crippen molar-refractivity contribution in [3.8, 4) is 5.69 Å². The number of carbonyl (C=O) groups is 1. The van der Waals surface area contributed by atoms with Crippen LogP contribution in [0.2, 0.25) is 0 Å². The van der Waals surface area contributed by atoms with Crippen molar-refractivity contribution in [1.29, 1.82) is 0 Å². The Bertz CT molecular complexity index is 1760. The molecule has 4 aromatic rings. The van der Waals surface area contributed by atoms with Crippen molar-refractivity contribution in [2.45, 2.75) is 33.7 Å². The van der Waals surface area contributed by atoms with Gasteiger partial charge < -0.3 is 9.30 Å². The van der Waals surface area contributed by atoms with Gasteiger partial charge in [-0.25, -0.2) is 14.2 Å². The number of thiazole rings is 1. The number of halogens is 2. The monoisotopic (exact) mass is 593 g/mol. The van der Waals surface area contributed by atoms with E-state index in [1.54, 1.807) is 26.0 Å². The lowest BCUT2D eigenvalue weighted by Gasteiger charge is -2.24. The molecule has 194 valence electrons. The number of ether oxygens (including phenoxy) is 1. The second-order valence-corrected chi connectivity index (χ2v) is 10.9. The summed E-state index contributed by atoms with van der Waals surface area (Å²) >= 11 is 4.74. The van der Waals surface area contributed by atoms with Crippen LogP contribution in [0.3, 0.4) is 0 Å². The summed E-state index contributed by atoms with van der Waals surface area (Å²) in [5.41, 5.74) is 5.04. The maximum atomic E-state index is 13.8. The highest BCUT2D eigenvalue weighted by Gasteiger charge is 2.33. The molecule has 0 N–H and O–H groups in total. The minimum absolute atomic E-state index is 0.185. The largest absolute Gasteiger partial charge is 0.463 e. The van der Waals surface area contributed by atoms with E-state index in [0.717, 1.165) is 27.1 Å². The van der Waals surface area contributed by atoms with E-state index in [-0.39, 0.29) is 17.7 Å². The fourth-order valence-electron chi connectivity index (χ4n) is 4.81. The highest BCUT2D eigenvalue weighted by atomic mass is 79.9. The lowest BCUT2D eigenvalue weighted by Crippen LogP contribution is -2.39. The zero-order valence-corrected chi connectivity index (χ0v) is 23.7. The minimum atomic E-state index is -0.775. The average molecular weight is 595 g/mol. The van der Waals surface area contributed by atoms with Crippen LogP contribution >= 0.6 is 27.3 Å². The predicted octanol–water partition coefficient (Wildman–Crippen LogP) is 5.11. The van der Waals surface area contributed by atoms with Gasteiger partial charge in [0, 0.05) is 21.5 Å². The number of rotatable bonds is 5. The smallest absolute Gasteiger partial charge is 0.338 e. The summed E-state index contributed by atoms with van der Waals surface area (Å²) < 4.78 is 24.2. The van der Waals surface area contributed by atoms with Crippen LogP contribution < -0.4 is 14.9 Å². The summed E-state index contributed by atoms with van der Waals surface area (Å²) in [5.74, 6) is -0.948. The molecule has 9 heteroatoms. The molecule has 0 saturated carbocycles. The molecule has 0 fully saturated rings. The van der Waals surface area contributed by atoms with Crippen molar-refractivity contribution in [1.82, 2.24) is 9.13 Å². The molecular weight excluding hydrogens is 569 g/mol. The molecule has 0 spiro atoms. The summed E-state index contributed by atoms with van der Waals surface area (Å²) in [7, 11) is 0. The third-order valence-electron chi connectivity index (χ3n) is 6.54. The summed E-state index contributed by atoms with van der Waals surface area (Å²) in [6.07, 6.45) is 1.87. The van der Waals surface area contributed by atoms with Crippen LogP contribution in [0.5, 0.6) is 0 Å². The first kappa shape index (κ1) is 26.1. The molecule has 0 bridgehead atoms. The molecule has 1 atom stereocenters. The highest BCUT2D eigenvalue weighted by Crippen LogP contribution is 2.31. The molecule has 2 aromatic carbocycles. The van der Waals surface area contributed by atoms with E-state index in [1.807, 2.05) is 50.3 Å². The fraction of sp³-hybridized carbons (Fsp3) is 0.207. The van der Waals surface area contributed by atoms with Crippen molar-refractivity contribution >= 4 is 39.3 Å². The Morgan fingerprint density at radius 2 is 1.82 bits per heavy atom. The van der Waals surface area contributed by atoms with Crippen LogP contribution in [0.4, 0.5) is 4.39 Å². The van der Waals surface area contributed by atoms with Gasteiger partial charge in [-0.1, -0.05) is 39.4 Å². The Labute approximate surface area is 231 Å². The molecule has 3 heterocycles. The molecule has 2 aromatic heterocycles. The normalized spacial score (nSPS) is 15.4. The van der Waals surface area contributed by atoms with E-state index >= 15 is 0 Å². The molecule has 0 radical (unpaired) electrons. The van der Waals surface area contributed by atoms with Gasteiger partial charge in [0.2, 0.25) is 0 Å². The quantitative estimate of drug-likeness (QED) is 0.302. The molecular formula is C29H25BrFN3O3S. The van der Waals surface area contributed by atoms with Crippen LogP contribution in [0.25, 0.3) is 11.8 Å². The number of benzene rings is 2. The SMILES string of the molecule is CCOC(=O)C1=C(C)N=c2s/c(=C\c3cc(C)n(-c4ccc(Br)cc4)c3C)c(=O)n2[C@H]1c1ccc(F)cc1. The molecule has 0 amide bonds. The average Bonchev–Trinajstić information content (AvgIpc) is 3.34. The fourth-order valence-corrected chi connectivity index (χ4v) is 6.12. The number of esters is 1. The summed E-state index contributed by atoms with van der Waals surface area (Å²) in [6.45, 7) is 7.68.